The second-order valence-corrected chi connectivity index (χ2v) is 8.24. The Labute approximate surface area is 174 Å². The molecule has 0 saturated heterocycles. The van der Waals surface area contributed by atoms with Crippen LogP contribution in [0.5, 0.6) is 0 Å². The van der Waals surface area contributed by atoms with Crippen LogP contribution < -0.4 is 22.5 Å². The highest BCUT2D eigenvalue weighted by Gasteiger charge is 2.18. The number of hydrogen-bond donors (Lipinski definition) is 4. The third-order valence-corrected chi connectivity index (χ3v) is 4.75. The molecule has 0 amide bonds. The molecular formula is C21H28FN7O. The van der Waals surface area contributed by atoms with Crippen molar-refractivity contribution in [3.05, 3.63) is 58.0 Å². The molecule has 0 saturated carbocycles. The van der Waals surface area contributed by atoms with Crippen molar-refractivity contribution >= 4 is 17.0 Å². The maximum atomic E-state index is 14.6. The molecule has 2 heterocycles. The summed E-state index contributed by atoms with van der Waals surface area (Å²) in [5.74, 6) is -0.325. The number of nitrogens with zero attached hydrogens (tertiary/aromatic N) is 3. The van der Waals surface area contributed by atoms with Crippen LogP contribution in [0, 0.1) is 5.82 Å². The summed E-state index contributed by atoms with van der Waals surface area (Å²) in [7, 11) is 0. The Hall–Kier alpha value is -3.20. The highest BCUT2D eigenvalue weighted by atomic mass is 19.1. The normalized spacial score (nSPS) is 11.7. The summed E-state index contributed by atoms with van der Waals surface area (Å²) in [4.78, 5) is 23.7. The standard InChI is InChI=1S/C21H28FN7O/c1-21(2,3)17-9-14-12-29(20(30)28-18(14)27-17)15-6-5-13(16(22)10-15)11-25-7-4-8-26-19(23)24/h5-6,9-10,12,25H,4,7-8,11H2,1-3H3,(H4,23,24,26)(H,27,28,30). The van der Waals surface area contributed by atoms with Crippen molar-refractivity contribution in [2.45, 2.75) is 39.2 Å². The smallest absolute Gasteiger partial charge is 0.354 e. The van der Waals surface area contributed by atoms with Crippen molar-refractivity contribution in [2.24, 2.45) is 16.5 Å². The van der Waals surface area contributed by atoms with Crippen LogP contribution >= 0.6 is 0 Å². The predicted octanol–water partition coefficient (Wildman–Crippen LogP) is 1.90. The Bertz CT molecular complexity index is 1120. The largest absolute Gasteiger partial charge is 0.370 e. The number of aromatic nitrogens is 3. The molecule has 0 aliphatic carbocycles. The van der Waals surface area contributed by atoms with E-state index in [1.807, 2.05) is 6.07 Å². The van der Waals surface area contributed by atoms with Gasteiger partial charge in [0.2, 0.25) is 0 Å². The molecule has 1 aromatic carbocycles. The fraction of sp³-hybridized carbons (Fsp3) is 0.381. The monoisotopic (exact) mass is 413 g/mol. The zero-order valence-corrected chi connectivity index (χ0v) is 17.5. The zero-order valence-electron chi connectivity index (χ0n) is 17.5. The number of benzene rings is 1. The lowest BCUT2D eigenvalue weighted by molar-refractivity contribution is 0.574. The number of nitrogens with one attached hydrogen (secondary N) is 2. The molecule has 0 fully saturated rings. The molecule has 2 aromatic heterocycles. The lowest BCUT2D eigenvalue weighted by Gasteiger charge is -2.15. The molecule has 30 heavy (non-hydrogen) atoms. The molecule has 0 radical (unpaired) electrons. The molecule has 0 atom stereocenters. The van der Waals surface area contributed by atoms with Crippen molar-refractivity contribution in [1.29, 1.82) is 0 Å². The molecule has 0 spiro atoms. The number of aliphatic imine (C=N–C) groups is 1. The molecule has 9 heteroatoms. The summed E-state index contributed by atoms with van der Waals surface area (Å²) >= 11 is 0. The molecule has 6 N–H and O–H groups in total. The fourth-order valence-corrected chi connectivity index (χ4v) is 3.05. The minimum absolute atomic E-state index is 0.0637. The number of fused-ring (bicyclic) bond motifs is 1. The third-order valence-electron chi connectivity index (χ3n) is 4.75. The SMILES string of the molecule is CC(C)(C)c1cc2cn(-c3ccc(CNCCCN=C(N)N)c(F)c3)c(=O)nc2[nH]1. The number of aromatic amines is 1. The Morgan fingerprint density at radius 3 is 2.73 bits per heavy atom. The van der Waals surface area contributed by atoms with Crippen LogP contribution in [0.25, 0.3) is 16.7 Å². The summed E-state index contributed by atoms with van der Waals surface area (Å²) in [6, 6.07) is 6.70. The van der Waals surface area contributed by atoms with Crippen LogP contribution in [0.2, 0.25) is 0 Å². The molecule has 160 valence electrons. The van der Waals surface area contributed by atoms with Crippen LogP contribution in [0.15, 0.2) is 40.2 Å². The van der Waals surface area contributed by atoms with Gasteiger partial charge in [0.25, 0.3) is 0 Å². The number of H-pyrrole nitrogens is 1. The number of guanidine groups is 1. The second kappa shape index (κ2) is 8.66. The van der Waals surface area contributed by atoms with Gasteiger partial charge in [-0.2, -0.15) is 4.98 Å². The van der Waals surface area contributed by atoms with Gasteiger partial charge in [-0.25, -0.2) is 9.18 Å². The van der Waals surface area contributed by atoms with Crippen LogP contribution in [0.3, 0.4) is 0 Å². The maximum absolute atomic E-state index is 14.6. The quantitative estimate of drug-likeness (QED) is 0.267. The van der Waals surface area contributed by atoms with Crippen LogP contribution in [-0.2, 0) is 12.0 Å². The Balaban J connectivity index is 1.75. The van der Waals surface area contributed by atoms with Crippen molar-refractivity contribution in [1.82, 2.24) is 19.9 Å². The van der Waals surface area contributed by atoms with Gasteiger partial charge in [0.1, 0.15) is 11.5 Å². The van der Waals surface area contributed by atoms with Gasteiger partial charge in [-0.15, -0.1) is 0 Å². The first kappa shape index (κ1) is 21.5. The number of halogens is 1. The van der Waals surface area contributed by atoms with Gasteiger partial charge < -0.3 is 21.8 Å². The molecule has 3 rings (SSSR count). The molecule has 0 aliphatic heterocycles. The number of nitrogens with two attached hydrogens (primary N) is 2. The summed E-state index contributed by atoms with van der Waals surface area (Å²) in [5, 5.41) is 3.95. The van der Waals surface area contributed by atoms with E-state index in [0.717, 1.165) is 17.5 Å². The Morgan fingerprint density at radius 2 is 2.07 bits per heavy atom. The molecule has 8 nitrogen and oxygen atoms in total. The molecular weight excluding hydrogens is 385 g/mol. The summed E-state index contributed by atoms with van der Waals surface area (Å²) < 4.78 is 15.9. The highest BCUT2D eigenvalue weighted by molar-refractivity contribution is 5.76. The molecule has 0 aliphatic rings. The van der Waals surface area contributed by atoms with E-state index in [0.29, 0.717) is 36.5 Å². The first-order valence-corrected chi connectivity index (χ1v) is 9.83. The van der Waals surface area contributed by atoms with Crippen molar-refractivity contribution in [2.75, 3.05) is 13.1 Å². The number of hydrogen-bond acceptors (Lipinski definition) is 4. The van der Waals surface area contributed by atoms with Gasteiger partial charge >= 0.3 is 5.69 Å². The molecule has 0 bridgehead atoms. The van der Waals surface area contributed by atoms with E-state index in [4.69, 9.17) is 11.5 Å². The average molecular weight is 414 g/mol. The lowest BCUT2D eigenvalue weighted by atomic mass is 9.92. The first-order chi connectivity index (χ1) is 14.1. The van der Waals surface area contributed by atoms with E-state index < -0.39 is 5.69 Å². The molecule has 0 unspecified atom stereocenters. The fourth-order valence-electron chi connectivity index (χ4n) is 3.05. The van der Waals surface area contributed by atoms with Gasteiger partial charge in [-0.1, -0.05) is 26.8 Å². The Kier molecular flexibility index (Phi) is 6.21. The van der Waals surface area contributed by atoms with Gasteiger partial charge in [0.15, 0.2) is 5.96 Å². The van der Waals surface area contributed by atoms with E-state index in [1.54, 1.807) is 18.3 Å². The highest BCUT2D eigenvalue weighted by Crippen LogP contribution is 2.24. The van der Waals surface area contributed by atoms with Crippen molar-refractivity contribution in [3.63, 3.8) is 0 Å². The summed E-state index contributed by atoms with van der Waals surface area (Å²) in [6.07, 6.45) is 2.43. The van der Waals surface area contributed by atoms with Gasteiger partial charge in [0, 0.05) is 41.3 Å². The van der Waals surface area contributed by atoms with E-state index >= 15 is 0 Å². The van der Waals surface area contributed by atoms with Crippen LogP contribution in [-0.4, -0.2) is 33.6 Å². The van der Waals surface area contributed by atoms with Crippen LogP contribution in [0.1, 0.15) is 38.4 Å². The first-order valence-electron chi connectivity index (χ1n) is 9.83. The maximum Gasteiger partial charge on any atom is 0.354 e. The van der Waals surface area contributed by atoms with Crippen molar-refractivity contribution in [3.8, 4) is 5.69 Å². The summed E-state index contributed by atoms with van der Waals surface area (Å²) in [5.41, 5.74) is 12.4. The summed E-state index contributed by atoms with van der Waals surface area (Å²) in [6.45, 7) is 7.77. The lowest BCUT2D eigenvalue weighted by Crippen LogP contribution is -2.23. The van der Waals surface area contributed by atoms with Crippen molar-refractivity contribution < 1.29 is 4.39 Å². The Morgan fingerprint density at radius 1 is 1.30 bits per heavy atom. The van der Waals surface area contributed by atoms with Gasteiger partial charge in [-0.05, 0) is 31.2 Å². The third kappa shape index (κ3) is 5.04. The average Bonchev–Trinajstić information content (AvgIpc) is 3.08. The predicted molar refractivity (Wildman–Crippen MR) is 117 cm³/mol. The van der Waals surface area contributed by atoms with E-state index in [9.17, 15) is 9.18 Å². The van der Waals surface area contributed by atoms with Gasteiger partial charge in [-0.3, -0.25) is 9.56 Å². The van der Waals surface area contributed by atoms with E-state index in [2.05, 4.69) is 41.0 Å². The van der Waals surface area contributed by atoms with Gasteiger partial charge in [0.05, 0.1) is 5.69 Å². The minimum Gasteiger partial charge on any atom is -0.370 e. The minimum atomic E-state index is -0.463. The molecule has 3 aromatic rings. The zero-order chi connectivity index (χ0) is 21.9. The topological polar surface area (TPSA) is 127 Å². The number of rotatable bonds is 7. The van der Waals surface area contributed by atoms with E-state index in [-0.39, 0.29) is 17.2 Å². The second-order valence-electron chi connectivity index (χ2n) is 8.24. The van der Waals surface area contributed by atoms with Crippen LogP contribution in [0.4, 0.5) is 4.39 Å². The van der Waals surface area contributed by atoms with E-state index in [1.165, 1.54) is 10.6 Å².